The average Bonchev–Trinajstić information content (AvgIpc) is 2.55. The molecule has 21 heavy (non-hydrogen) atoms. The second-order valence-electron chi connectivity index (χ2n) is 5.44. The van der Waals surface area contributed by atoms with Crippen LogP contribution in [-0.2, 0) is 6.42 Å². The molecule has 1 aliphatic heterocycles. The highest BCUT2D eigenvalue weighted by atomic mass is 16.4. The molecular weight excluding hydrogens is 266 g/mol. The van der Waals surface area contributed by atoms with Gasteiger partial charge >= 0.3 is 0 Å². The number of amidine groups is 1. The summed E-state index contributed by atoms with van der Waals surface area (Å²) in [7, 11) is 0. The molecule has 1 aliphatic rings. The van der Waals surface area contributed by atoms with Gasteiger partial charge in [0.15, 0.2) is 5.84 Å². The third-order valence-corrected chi connectivity index (χ3v) is 4.13. The van der Waals surface area contributed by atoms with Crippen molar-refractivity contribution in [3.63, 3.8) is 0 Å². The molecule has 1 saturated heterocycles. The lowest BCUT2D eigenvalue weighted by atomic mass is 10.1. The predicted octanol–water partition coefficient (Wildman–Crippen LogP) is 0.767. The molecule has 1 atom stereocenters. The van der Waals surface area contributed by atoms with Crippen LogP contribution >= 0.6 is 0 Å². The minimum Gasteiger partial charge on any atom is -0.409 e. The normalized spacial score (nSPS) is 19.6. The first kappa shape index (κ1) is 15.7. The van der Waals surface area contributed by atoms with Crippen LogP contribution in [0.3, 0.4) is 0 Å². The molecule has 1 aromatic rings. The van der Waals surface area contributed by atoms with Crippen LogP contribution in [0, 0.1) is 0 Å². The fourth-order valence-electron chi connectivity index (χ4n) is 2.85. The minimum absolute atomic E-state index is 0.0514. The largest absolute Gasteiger partial charge is 0.409 e. The molecule has 6 nitrogen and oxygen atoms in total. The smallest absolute Gasteiger partial charge is 0.156 e. The first-order valence-corrected chi connectivity index (χ1v) is 7.57. The van der Waals surface area contributed by atoms with E-state index in [1.54, 1.807) is 6.20 Å². The van der Waals surface area contributed by atoms with Crippen molar-refractivity contribution in [3.05, 3.63) is 30.1 Å². The topological polar surface area (TPSA) is 78.0 Å². The summed E-state index contributed by atoms with van der Waals surface area (Å²) in [5.41, 5.74) is 7.05. The van der Waals surface area contributed by atoms with Gasteiger partial charge in [-0.3, -0.25) is 9.88 Å². The molecule has 2 rings (SSSR count). The summed E-state index contributed by atoms with van der Waals surface area (Å²) in [5.74, 6) is 0.321. The monoisotopic (exact) mass is 291 g/mol. The molecule has 0 aromatic carbocycles. The van der Waals surface area contributed by atoms with Crippen molar-refractivity contribution in [2.24, 2.45) is 10.9 Å². The van der Waals surface area contributed by atoms with Crippen molar-refractivity contribution in [3.8, 4) is 0 Å². The number of hydrogen-bond donors (Lipinski definition) is 2. The number of pyridine rings is 1. The third kappa shape index (κ3) is 4.41. The zero-order valence-corrected chi connectivity index (χ0v) is 12.6. The second-order valence-corrected chi connectivity index (χ2v) is 5.44. The van der Waals surface area contributed by atoms with Gasteiger partial charge in [-0.05, 0) is 24.5 Å². The van der Waals surface area contributed by atoms with Gasteiger partial charge in [-0.2, -0.15) is 0 Å². The molecule has 2 heterocycles. The lowest BCUT2D eigenvalue weighted by Crippen LogP contribution is -2.54. The van der Waals surface area contributed by atoms with Gasteiger partial charge in [0.25, 0.3) is 0 Å². The van der Waals surface area contributed by atoms with Gasteiger partial charge in [0.2, 0.25) is 0 Å². The molecule has 116 valence electrons. The summed E-state index contributed by atoms with van der Waals surface area (Å²) in [6, 6.07) is 4.15. The summed E-state index contributed by atoms with van der Waals surface area (Å²) in [5, 5.41) is 12.0. The van der Waals surface area contributed by atoms with Crippen molar-refractivity contribution in [1.29, 1.82) is 0 Å². The SMILES string of the molecule is CCC(C(N)=NO)N1CCN(CCc2cccnc2)CC1. The van der Waals surface area contributed by atoms with E-state index in [1.807, 2.05) is 12.3 Å². The van der Waals surface area contributed by atoms with E-state index in [-0.39, 0.29) is 6.04 Å². The predicted molar refractivity (Wildman–Crippen MR) is 83.4 cm³/mol. The highest BCUT2D eigenvalue weighted by Crippen LogP contribution is 2.10. The Bertz CT molecular complexity index is 443. The van der Waals surface area contributed by atoms with E-state index < -0.39 is 0 Å². The van der Waals surface area contributed by atoms with Crippen molar-refractivity contribution in [2.45, 2.75) is 25.8 Å². The number of aromatic nitrogens is 1. The van der Waals surface area contributed by atoms with Crippen molar-refractivity contribution in [2.75, 3.05) is 32.7 Å². The second kappa shape index (κ2) is 7.95. The van der Waals surface area contributed by atoms with Gasteiger partial charge in [-0.1, -0.05) is 18.1 Å². The molecule has 0 spiro atoms. The van der Waals surface area contributed by atoms with Crippen LogP contribution in [-0.4, -0.2) is 64.6 Å². The number of oxime groups is 1. The molecular formula is C15H25N5O. The Balaban J connectivity index is 1.78. The third-order valence-electron chi connectivity index (χ3n) is 4.13. The van der Waals surface area contributed by atoms with E-state index in [1.165, 1.54) is 5.56 Å². The van der Waals surface area contributed by atoms with Crippen molar-refractivity contribution < 1.29 is 5.21 Å². The molecule has 0 bridgehead atoms. The molecule has 0 radical (unpaired) electrons. The zero-order valence-electron chi connectivity index (χ0n) is 12.6. The van der Waals surface area contributed by atoms with Crippen LogP contribution in [0.4, 0.5) is 0 Å². The number of nitrogens with two attached hydrogens (primary N) is 1. The molecule has 1 aromatic heterocycles. The number of piperazine rings is 1. The number of nitrogens with zero attached hydrogens (tertiary/aromatic N) is 4. The van der Waals surface area contributed by atoms with Gasteiger partial charge in [0, 0.05) is 45.1 Å². The lowest BCUT2D eigenvalue weighted by molar-refractivity contribution is 0.115. The van der Waals surface area contributed by atoms with Crippen molar-refractivity contribution >= 4 is 5.84 Å². The van der Waals surface area contributed by atoms with Gasteiger partial charge in [0.05, 0.1) is 6.04 Å². The van der Waals surface area contributed by atoms with E-state index in [4.69, 9.17) is 10.9 Å². The zero-order chi connectivity index (χ0) is 15.1. The summed E-state index contributed by atoms with van der Waals surface area (Å²) in [6.45, 7) is 7.09. The molecule has 0 saturated carbocycles. The van der Waals surface area contributed by atoms with Crippen LogP contribution in [0.5, 0.6) is 0 Å². The van der Waals surface area contributed by atoms with Gasteiger partial charge in [-0.25, -0.2) is 0 Å². The standard InChI is InChI=1S/C15H25N5O/c1-2-14(15(16)18-21)20-10-8-19(9-11-20)7-5-13-4-3-6-17-12-13/h3-4,6,12,14,21H,2,5,7-11H2,1H3,(H2,16,18). The van der Waals surface area contributed by atoms with Crippen LogP contribution in [0.1, 0.15) is 18.9 Å². The molecule has 0 amide bonds. The quantitative estimate of drug-likeness (QED) is 0.350. The first-order valence-electron chi connectivity index (χ1n) is 7.57. The Morgan fingerprint density at radius 1 is 1.43 bits per heavy atom. The molecule has 1 unspecified atom stereocenters. The average molecular weight is 291 g/mol. The van der Waals surface area contributed by atoms with Crippen LogP contribution < -0.4 is 5.73 Å². The Kier molecular flexibility index (Phi) is 5.95. The van der Waals surface area contributed by atoms with Crippen LogP contribution in [0.2, 0.25) is 0 Å². The fourth-order valence-corrected chi connectivity index (χ4v) is 2.85. The highest BCUT2D eigenvalue weighted by molar-refractivity contribution is 5.85. The van der Waals surface area contributed by atoms with Gasteiger partial charge in [0.1, 0.15) is 0 Å². The van der Waals surface area contributed by atoms with Crippen LogP contribution in [0.15, 0.2) is 29.7 Å². The van der Waals surface area contributed by atoms with Crippen LogP contribution in [0.25, 0.3) is 0 Å². The number of rotatable bonds is 6. The molecule has 1 fully saturated rings. The Morgan fingerprint density at radius 2 is 2.19 bits per heavy atom. The maximum absolute atomic E-state index is 8.85. The summed E-state index contributed by atoms with van der Waals surface area (Å²) >= 11 is 0. The number of hydrogen-bond acceptors (Lipinski definition) is 5. The Labute approximate surface area is 126 Å². The minimum atomic E-state index is 0.0514. The molecule has 3 N–H and O–H groups in total. The van der Waals surface area contributed by atoms with E-state index >= 15 is 0 Å². The molecule has 0 aliphatic carbocycles. The van der Waals surface area contributed by atoms with E-state index in [9.17, 15) is 0 Å². The van der Waals surface area contributed by atoms with Gasteiger partial charge in [-0.15, -0.1) is 0 Å². The summed E-state index contributed by atoms with van der Waals surface area (Å²) < 4.78 is 0. The Morgan fingerprint density at radius 3 is 2.76 bits per heavy atom. The van der Waals surface area contributed by atoms with E-state index in [0.717, 1.165) is 45.6 Å². The maximum Gasteiger partial charge on any atom is 0.156 e. The lowest BCUT2D eigenvalue weighted by Gasteiger charge is -2.38. The van der Waals surface area contributed by atoms with Crippen molar-refractivity contribution in [1.82, 2.24) is 14.8 Å². The highest BCUT2D eigenvalue weighted by Gasteiger charge is 2.25. The van der Waals surface area contributed by atoms with E-state index in [0.29, 0.717) is 5.84 Å². The fraction of sp³-hybridized carbons (Fsp3) is 0.600. The molecule has 6 heteroatoms. The Hall–Kier alpha value is -1.66. The summed E-state index contributed by atoms with van der Waals surface area (Å²) in [4.78, 5) is 8.91. The summed E-state index contributed by atoms with van der Waals surface area (Å²) in [6.07, 6.45) is 5.64. The first-order chi connectivity index (χ1) is 10.2. The maximum atomic E-state index is 8.85. The van der Waals surface area contributed by atoms with Gasteiger partial charge < -0.3 is 15.8 Å². The van der Waals surface area contributed by atoms with E-state index in [2.05, 4.69) is 32.9 Å².